The summed E-state index contributed by atoms with van der Waals surface area (Å²) in [6.45, 7) is 3.19. The molecule has 0 saturated carbocycles. The zero-order valence-electron chi connectivity index (χ0n) is 18.0. The molecule has 0 bridgehead atoms. The Bertz CT molecular complexity index is 1270. The van der Waals surface area contributed by atoms with Gasteiger partial charge in [0.25, 0.3) is 11.6 Å². The summed E-state index contributed by atoms with van der Waals surface area (Å²) in [5.74, 6) is 0.408. The Hall–Kier alpha value is -4.35. The number of nitrogens with zero attached hydrogens (tertiary/aromatic N) is 7. The Morgan fingerprint density at radius 2 is 1.88 bits per heavy atom. The highest BCUT2D eigenvalue weighted by molar-refractivity contribution is 5.92. The molecule has 12 heteroatoms. The third-order valence-electron chi connectivity index (χ3n) is 5.29. The van der Waals surface area contributed by atoms with Crippen LogP contribution in [0.15, 0.2) is 47.4 Å². The van der Waals surface area contributed by atoms with Crippen LogP contribution in [0.5, 0.6) is 5.88 Å². The van der Waals surface area contributed by atoms with E-state index in [1.165, 1.54) is 41.0 Å². The Morgan fingerprint density at radius 3 is 2.58 bits per heavy atom. The second kappa shape index (κ2) is 9.02. The van der Waals surface area contributed by atoms with E-state index in [4.69, 9.17) is 4.74 Å². The number of para-hydroxylation sites is 2. The molecule has 1 saturated heterocycles. The molecule has 12 nitrogen and oxygen atoms in total. The minimum absolute atomic E-state index is 0.175. The number of anilines is 1. The summed E-state index contributed by atoms with van der Waals surface area (Å²) in [6.07, 6.45) is 1.60. The monoisotopic (exact) mass is 451 g/mol. The van der Waals surface area contributed by atoms with Crippen LogP contribution in [-0.4, -0.2) is 68.8 Å². The zero-order chi connectivity index (χ0) is 23.5. The van der Waals surface area contributed by atoms with Crippen LogP contribution >= 0.6 is 0 Å². The number of methoxy groups -OCH3 is 1. The molecule has 0 unspecified atom stereocenters. The van der Waals surface area contributed by atoms with Gasteiger partial charge in [0.2, 0.25) is 17.3 Å². The number of nitro benzene ring substituents is 1. The third kappa shape index (κ3) is 4.35. The average molecular weight is 451 g/mol. The summed E-state index contributed by atoms with van der Waals surface area (Å²) in [5, 5.41) is 15.6. The smallest absolute Gasteiger partial charge is 0.294 e. The first kappa shape index (κ1) is 21.9. The van der Waals surface area contributed by atoms with Crippen LogP contribution in [0.2, 0.25) is 0 Å². The van der Waals surface area contributed by atoms with Gasteiger partial charge in [-0.2, -0.15) is 10.1 Å². The van der Waals surface area contributed by atoms with Crippen molar-refractivity contribution in [2.24, 2.45) is 0 Å². The van der Waals surface area contributed by atoms with Crippen LogP contribution in [-0.2, 0) is 0 Å². The molecule has 0 aliphatic carbocycles. The standard InChI is InChI=1S/C21H21N7O5/c1-14-13-17(29)19(24-27(14)15-5-3-4-6-16(15)28(31)32)20(30)25-9-11-26(12-10-25)21-22-8-7-18(23-21)33-2/h3-8,13H,9-12H2,1-2H3. The molecule has 3 aromatic rings. The topological polar surface area (TPSA) is 137 Å². The van der Waals surface area contributed by atoms with Gasteiger partial charge in [-0.15, -0.1) is 0 Å². The highest BCUT2D eigenvalue weighted by Crippen LogP contribution is 2.22. The van der Waals surface area contributed by atoms with Gasteiger partial charge in [0.1, 0.15) is 5.69 Å². The van der Waals surface area contributed by atoms with Gasteiger partial charge in [-0.1, -0.05) is 12.1 Å². The van der Waals surface area contributed by atoms with Crippen LogP contribution in [0.25, 0.3) is 5.69 Å². The van der Waals surface area contributed by atoms with Crippen LogP contribution < -0.4 is 15.1 Å². The molecule has 0 radical (unpaired) electrons. The summed E-state index contributed by atoms with van der Waals surface area (Å²) in [5.41, 5.74) is -0.447. The van der Waals surface area contributed by atoms with E-state index < -0.39 is 16.3 Å². The normalized spacial score (nSPS) is 13.6. The van der Waals surface area contributed by atoms with Gasteiger partial charge in [0.05, 0.1) is 12.0 Å². The average Bonchev–Trinajstić information content (AvgIpc) is 2.84. The summed E-state index contributed by atoms with van der Waals surface area (Å²) < 4.78 is 6.38. The summed E-state index contributed by atoms with van der Waals surface area (Å²) in [6, 6.07) is 8.94. The number of piperazine rings is 1. The van der Waals surface area contributed by atoms with Crippen LogP contribution in [0.1, 0.15) is 16.2 Å². The number of nitro groups is 1. The number of rotatable bonds is 5. The lowest BCUT2D eigenvalue weighted by Crippen LogP contribution is -2.50. The highest BCUT2D eigenvalue weighted by Gasteiger charge is 2.27. The molecule has 1 fully saturated rings. The van der Waals surface area contributed by atoms with Crippen molar-refractivity contribution in [2.75, 3.05) is 38.2 Å². The number of aromatic nitrogens is 4. The molecule has 0 N–H and O–H groups in total. The maximum Gasteiger partial charge on any atom is 0.294 e. The van der Waals surface area contributed by atoms with E-state index in [-0.39, 0.29) is 17.1 Å². The number of amides is 1. The molecule has 4 rings (SSSR count). The highest BCUT2D eigenvalue weighted by atomic mass is 16.6. The Labute approximate surface area is 188 Å². The van der Waals surface area contributed by atoms with E-state index >= 15 is 0 Å². The van der Waals surface area contributed by atoms with Crippen molar-refractivity contribution < 1.29 is 14.5 Å². The van der Waals surface area contributed by atoms with Crippen LogP contribution in [0.3, 0.4) is 0 Å². The predicted molar refractivity (Wildman–Crippen MR) is 118 cm³/mol. The largest absolute Gasteiger partial charge is 0.481 e. The van der Waals surface area contributed by atoms with E-state index in [2.05, 4.69) is 15.1 Å². The molecule has 33 heavy (non-hydrogen) atoms. The molecule has 0 atom stereocenters. The Morgan fingerprint density at radius 1 is 1.15 bits per heavy atom. The first-order valence-electron chi connectivity index (χ1n) is 10.1. The number of carbonyl (C=O) groups excluding carboxylic acids is 1. The van der Waals surface area contributed by atoms with Gasteiger partial charge in [-0.25, -0.2) is 9.67 Å². The van der Waals surface area contributed by atoms with Crippen molar-refractivity contribution in [2.45, 2.75) is 6.92 Å². The molecule has 1 aliphatic rings. The maximum absolute atomic E-state index is 13.1. The molecule has 3 heterocycles. The second-order valence-corrected chi connectivity index (χ2v) is 7.33. The molecule has 1 aromatic carbocycles. The summed E-state index contributed by atoms with van der Waals surface area (Å²) >= 11 is 0. The minimum atomic E-state index is -0.536. The lowest BCUT2D eigenvalue weighted by Gasteiger charge is -2.34. The quantitative estimate of drug-likeness (QED) is 0.414. The first-order chi connectivity index (χ1) is 15.9. The molecule has 2 aromatic heterocycles. The maximum atomic E-state index is 13.1. The first-order valence-corrected chi connectivity index (χ1v) is 10.1. The van der Waals surface area contributed by atoms with E-state index in [0.29, 0.717) is 43.7 Å². The minimum Gasteiger partial charge on any atom is -0.481 e. The van der Waals surface area contributed by atoms with Crippen molar-refractivity contribution in [3.05, 3.63) is 74.3 Å². The van der Waals surface area contributed by atoms with Gasteiger partial charge < -0.3 is 14.5 Å². The van der Waals surface area contributed by atoms with Gasteiger partial charge in [0.15, 0.2) is 5.69 Å². The summed E-state index contributed by atoms with van der Waals surface area (Å²) in [4.78, 5) is 48.6. The number of ether oxygens (including phenoxy) is 1. The molecular formula is C21H21N7O5. The van der Waals surface area contributed by atoms with E-state index in [9.17, 15) is 19.7 Å². The third-order valence-corrected chi connectivity index (χ3v) is 5.29. The number of hydrogen-bond acceptors (Lipinski definition) is 9. The fourth-order valence-electron chi connectivity index (χ4n) is 3.59. The van der Waals surface area contributed by atoms with Crippen LogP contribution in [0, 0.1) is 17.0 Å². The number of aryl methyl sites for hydroxylation is 1. The van der Waals surface area contributed by atoms with Gasteiger partial charge >= 0.3 is 0 Å². The lowest BCUT2D eigenvalue weighted by atomic mass is 10.2. The Kier molecular flexibility index (Phi) is 5.98. The van der Waals surface area contributed by atoms with E-state index in [1.807, 2.05) is 4.90 Å². The van der Waals surface area contributed by atoms with Gasteiger partial charge in [-0.3, -0.25) is 19.7 Å². The SMILES string of the molecule is COc1ccnc(N2CCN(C(=O)c3nn(-c4ccccc4[N+](=O)[O-])c(C)cc3=O)CC2)n1. The fourth-order valence-corrected chi connectivity index (χ4v) is 3.59. The molecule has 1 amide bonds. The van der Waals surface area contributed by atoms with E-state index in [1.54, 1.807) is 25.3 Å². The van der Waals surface area contributed by atoms with Gasteiger partial charge in [0, 0.05) is 56.3 Å². The molecule has 170 valence electrons. The number of hydrogen-bond donors (Lipinski definition) is 0. The number of benzene rings is 1. The van der Waals surface area contributed by atoms with Crippen molar-refractivity contribution >= 4 is 17.5 Å². The van der Waals surface area contributed by atoms with Gasteiger partial charge in [-0.05, 0) is 13.0 Å². The van der Waals surface area contributed by atoms with Crippen molar-refractivity contribution in [3.8, 4) is 11.6 Å². The molecule has 0 spiro atoms. The fraction of sp³-hybridized carbons (Fsp3) is 0.286. The second-order valence-electron chi connectivity index (χ2n) is 7.33. The molecule has 1 aliphatic heterocycles. The zero-order valence-corrected chi connectivity index (χ0v) is 18.0. The Balaban J connectivity index is 1.58. The van der Waals surface area contributed by atoms with Crippen molar-refractivity contribution in [1.29, 1.82) is 0 Å². The van der Waals surface area contributed by atoms with Crippen molar-refractivity contribution in [3.63, 3.8) is 0 Å². The van der Waals surface area contributed by atoms with Crippen molar-refractivity contribution in [1.82, 2.24) is 24.6 Å². The van der Waals surface area contributed by atoms with Crippen LogP contribution in [0.4, 0.5) is 11.6 Å². The lowest BCUT2D eigenvalue weighted by molar-refractivity contribution is -0.384. The summed E-state index contributed by atoms with van der Waals surface area (Å²) in [7, 11) is 1.52. The van der Waals surface area contributed by atoms with E-state index in [0.717, 1.165) is 0 Å². The predicted octanol–water partition coefficient (Wildman–Crippen LogP) is 1.21. The molecular weight excluding hydrogens is 430 g/mol. The number of carbonyl (C=O) groups is 1.